The highest BCUT2D eigenvalue weighted by atomic mass is 32.2. The highest BCUT2D eigenvalue weighted by molar-refractivity contribution is 7.98. The van der Waals surface area contributed by atoms with E-state index in [4.69, 9.17) is 9.47 Å². The lowest BCUT2D eigenvalue weighted by atomic mass is 10.2. The van der Waals surface area contributed by atoms with Crippen LogP contribution in [0.2, 0.25) is 0 Å². The van der Waals surface area contributed by atoms with E-state index in [0.29, 0.717) is 59.8 Å². The molecule has 1 saturated heterocycles. The van der Waals surface area contributed by atoms with Gasteiger partial charge in [0, 0.05) is 32.2 Å². The van der Waals surface area contributed by atoms with E-state index in [1.807, 2.05) is 31.9 Å². The molecule has 0 radical (unpaired) electrons. The number of methoxy groups -OCH3 is 1. The van der Waals surface area contributed by atoms with E-state index in [1.165, 1.54) is 23.4 Å². The molecular formula is C23H28F2N6O3S. The lowest BCUT2D eigenvalue weighted by molar-refractivity contribution is 0.0240. The topological polar surface area (TPSA) is 85.6 Å². The van der Waals surface area contributed by atoms with Crippen LogP contribution in [0.4, 0.5) is 19.4 Å². The summed E-state index contributed by atoms with van der Waals surface area (Å²) in [7, 11) is 1.47. The lowest BCUT2D eigenvalue weighted by Gasteiger charge is -2.36. The Morgan fingerprint density at radius 1 is 1.09 bits per heavy atom. The predicted octanol–water partition coefficient (Wildman–Crippen LogP) is 4.54. The van der Waals surface area contributed by atoms with Gasteiger partial charge in [0.2, 0.25) is 0 Å². The zero-order chi connectivity index (χ0) is 25.3. The SMILES string of the molecule is COc1cccc2c1nc(C(F)F)n2-c1cc(N2CCN(C(=O)OC(C)(C)C)CC2)nc(SC)n1. The summed E-state index contributed by atoms with van der Waals surface area (Å²) < 4.78 is 40.2. The van der Waals surface area contributed by atoms with Gasteiger partial charge in [-0.2, -0.15) is 0 Å². The van der Waals surface area contributed by atoms with Crippen molar-refractivity contribution in [2.24, 2.45) is 0 Å². The minimum Gasteiger partial charge on any atom is -0.494 e. The van der Waals surface area contributed by atoms with Crippen molar-refractivity contribution in [3.05, 3.63) is 30.1 Å². The molecule has 2 aromatic heterocycles. The van der Waals surface area contributed by atoms with Crippen LogP contribution in [0.5, 0.6) is 5.75 Å². The molecule has 1 fully saturated rings. The molecule has 3 heterocycles. The number of thioether (sulfide) groups is 1. The number of aromatic nitrogens is 4. The number of fused-ring (bicyclic) bond motifs is 1. The Kier molecular flexibility index (Phi) is 7.02. The third-order valence-electron chi connectivity index (χ3n) is 5.43. The molecule has 12 heteroatoms. The number of nitrogens with zero attached hydrogens (tertiary/aromatic N) is 6. The molecule has 0 aliphatic carbocycles. The number of hydrogen-bond donors (Lipinski definition) is 0. The van der Waals surface area contributed by atoms with E-state index < -0.39 is 17.9 Å². The molecule has 0 unspecified atom stereocenters. The van der Waals surface area contributed by atoms with Gasteiger partial charge in [-0.25, -0.2) is 28.5 Å². The average Bonchev–Trinajstić information content (AvgIpc) is 3.23. The van der Waals surface area contributed by atoms with Gasteiger partial charge < -0.3 is 19.3 Å². The molecule has 9 nitrogen and oxygen atoms in total. The highest BCUT2D eigenvalue weighted by Crippen LogP contribution is 2.33. The van der Waals surface area contributed by atoms with E-state index in [9.17, 15) is 13.6 Å². The van der Waals surface area contributed by atoms with Crippen molar-refractivity contribution in [2.75, 3.05) is 44.4 Å². The normalized spacial score (nSPS) is 14.6. The second kappa shape index (κ2) is 9.84. The second-order valence-corrected chi connectivity index (χ2v) is 9.73. The third kappa shape index (κ3) is 5.26. The number of carbonyl (C=O) groups excluding carboxylic acids is 1. The maximum atomic E-state index is 14.0. The van der Waals surface area contributed by atoms with Gasteiger partial charge in [-0.05, 0) is 39.2 Å². The minimum atomic E-state index is -2.82. The van der Waals surface area contributed by atoms with Crippen LogP contribution in [-0.4, -0.2) is 75.7 Å². The first-order valence-corrected chi connectivity index (χ1v) is 12.3. The van der Waals surface area contributed by atoms with Crippen molar-refractivity contribution >= 4 is 34.7 Å². The van der Waals surface area contributed by atoms with E-state index >= 15 is 0 Å². The summed E-state index contributed by atoms with van der Waals surface area (Å²) in [6.07, 6.45) is -1.35. The van der Waals surface area contributed by atoms with Crippen LogP contribution in [0.15, 0.2) is 29.4 Å². The molecule has 0 bridgehead atoms. The molecule has 188 valence electrons. The van der Waals surface area contributed by atoms with Crippen LogP contribution in [0, 0.1) is 0 Å². The van der Waals surface area contributed by atoms with Crippen molar-refractivity contribution in [1.29, 1.82) is 0 Å². The molecule has 1 amide bonds. The summed E-state index contributed by atoms with van der Waals surface area (Å²) in [5, 5.41) is 0.442. The fourth-order valence-electron chi connectivity index (χ4n) is 3.86. The number of rotatable bonds is 5. The maximum Gasteiger partial charge on any atom is 0.410 e. The minimum absolute atomic E-state index is 0.292. The molecule has 0 spiro atoms. The first kappa shape index (κ1) is 25.0. The Morgan fingerprint density at radius 3 is 2.37 bits per heavy atom. The number of halogens is 2. The Labute approximate surface area is 206 Å². The summed E-state index contributed by atoms with van der Waals surface area (Å²) >= 11 is 1.32. The van der Waals surface area contributed by atoms with Crippen LogP contribution in [0.1, 0.15) is 33.0 Å². The monoisotopic (exact) mass is 506 g/mol. The number of ether oxygens (including phenoxy) is 2. The fraction of sp³-hybridized carbons (Fsp3) is 0.478. The number of piperazine rings is 1. The molecular weight excluding hydrogens is 478 g/mol. The average molecular weight is 507 g/mol. The van der Waals surface area contributed by atoms with Gasteiger partial charge in [0.25, 0.3) is 6.43 Å². The maximum absolute atomic E-state index is 14.0. The number of imidazole rings is 1. The Bertz CT molecular complexity index is 1220. The van der Waals surface area contributed by atoms with Crippen LogP contribution in [-0.2, 0) is 4.74 Å². The molecule has 1 aliphatic heterocycles. The van der Waals surface area contributed by atoms with Crippen molar-refractivity contribution < 1.29 is 23.0 Å². The number of para-hydroxylation sites is 1. The molecule has 1 aromatic carbocycles. The van der Waals surface area contributed by atoms with Crippen LogP contribution in [0.3, 0.4) is 0 Å². The van der Waals surface area contributed by atoms with Gasteiger partial charge in [-0.15, -0.1) is 0 Å². The summed E-state index contributed by atoms with van der Waals surface area (Å²) in [4.78, 5) is 29.3. The second-order valence-electron chi connectivity index (χ2n) is 8.96. The van der Waals surface area contributed by atoms with Gasteiger partial charge in [-0.1, -0.05) is 17.8 Å². The van der Waals surface area contributed by atoms with E-state index in [1.54, 1.807) is 29.2 Å². The molecule has 0 saturated carbocycles. The van der Waals surface area contributed by atoms with Crippen molar-refractivity contribution in [2.45, 2.75) is 38.0 Å². The van der Waals surface area contributed by atoms with Gasteiger partial charge >= 0.3 is 6.09 Å². The third-order valence-corrected chi connectivity index (χ3v) is 5.98. The van der Waals surface area contributed by atoms with Crippen LogP contribution < -0.4 is 9.64 Å². The number of alkyl halides is 2. The van der Waals surface area contributed by atoms with Crippen molar-refractivity contribution in [1.82, 2.24) is 24.4 Å². The first-order valence-electron chi connectivity index (χ1n) is 11.1. The Morgan fingerprint density at radius 2 is 1.77 bits per heavy atom. The summed E-state index contributed by atoms with van der Waals surface area (Å²) in [5.41, 5.74) is 0.232. The summed E-state index contributed by atoms with van der Waals surface area (Å²) in [5.74, 6) is 0.866. The molecule has 0 atom stereocenters. The number of carbonyl (C=O) groups is 1. The van der Waals surface area contributed by atoms with Crippen molar-refractivity contribution in [3.8, 4) is 11.6 Å². The largest absolute Gasteiger partial charge is 0.494 e. The first-order chi connectivity index (χ1) is 16.6. The summed E-state index contributed by atoms with van der Waals surface area (Å²) in [6, 6.07) is 6.78. The predicted molar refractivity (Wildman–Crippen MR) is 130 cm³/mol. The van der Waals surface area contributed by atoms with Crippen molar-refractivity contribution in [3.63, 3.8) is 0 Å². The van der Waals surface area contributed by atoms with E-state index in [-0.39, 0.29) is 6.09 Å². The van der Waals surface area contributed by atoms with Gasteiger partial charge in [0.05, 0.1) is 12.6 Å². The standard InChI is InChI=1S/C23H28F2N6O3S/c1-23(2,3)34-22(32)30-11-9-29(10-12-30)16-13-17(27-21(26-16)35-5)31-14-7-6-8-15(33-4)18(14)28-20(31)19(24)25/h6-8,13,19H,9-12H2,1-5H3. The Hall–Kier alpha value is -3.15. The number of hydrogen-bond acceptors (Lipinski definition) is 8. The number of benzene rings is 1. The smallest absolute Gasteiger partial charge is 0.410 e. The molecule has 0 N–H and O–H groups in total. The fourth-order valence-corrected chi connectivity index (χ4v) is 4.23. The van der Waals surface area contributed by atoms with Gasteiger partial charge in [-0.3, -0.25) is 4.57 Å². The molecule has 1 aliphatic rings. The van der Waals surface area contributed by atoms with Gasteiger partial charge in [0.15, 0.2) is 11.0 Å². The molecule has 35 heavy (non-hydrogen) atoms. The summed E-state index contributed by atoms with van der Waals surface area (Å²) in [6.45, 7) is 7.43. The van der Waals surface area contributed by atoms with E-state index in [0.717, 1.165) is 0 Å². The van der Waals surface area contributed by atoms with Crippen LogP contribution >= 0.6 is 11.8 Å². The van der Waals surface area contributed by atoms with Gasteiger partial charge in [0.1, 0.15) is 28.5 Å². The molecule has 4 rings (SSSR count). The lowest BCUT2D eigenvalue weighted by Crippen LogP contribution is -2.50. The molecule has 3 aromatic rings. The number of anilines is 1. The number of amides is 1. The highest BCUT2D eigenvalue weighted by Gasteiger charge is 2.28. The van der Waals surface area contributed by atoms with Crippen LogP contribution in [0.25, 0.3) is 16.9 Å². The van der Waals surface area contributed by atoms with E-state index in [2.05, 4.69) is 15.0 Å². The quantitative estimate of drug-likeness (QED) is 0.368. The Balaban J connectivity index is 1.68. The zero-order valence-corrected chi connectivity index (χ0v) is 21.1. The zero-order valence-electron chi connectivity index (χ0n) is 20.3.